The van der Waals surface area contributed by atoms with Gasteiger partial charge in [0, 0.05) is 5.92 Å². The monoisotopic (exact) mass is 215 g/mol. The van der Waals surface area contributed by atoms with Crippen molar-refractivity contribution in [1.29, 1.82) is 0 Å². The van der Waals surface area contributed by atoms with Gasteiger partial charge in [-0.25, -0.2) is 0 Å². The average Bonchev–Trinajstić information content (AvgIpc) is 2.39. The Morgan fingerprint density at radius 2 is 1.93 bits per heavy atom. The predicted octanol–water partition coefficient (Wildman–Crippen LogP) is -0.663. The zero-order valence-electron chi connectivity index (χ0n) is 8.43. The molecule has 0 bridgehead atoms. The van der Waals surface area contributed by atoms with Gasteiger partial charge in [-0.05, 0) is 12.8 Å². The number of aldehydes is 1. The van der Waals surface area contributed by atoms with E-state index >= 15 is 0 Å². The Balaban J connectivity index is 3.08. The van der Waals surface area contributed by atoms with E-state index in [2.05, 4.69) is 5.32 Å². The van der Waals surface area contributed by atoms with Crippen molar-refractivity contribution in [3.05, 3.63) is 0 Å². The molecule has 0 aromatic rings. The molecule has 0 saturated carbocycles. The SMILES string of the molecule is C[C@@H]1[C@@H](C(=O)O)N[C@@](C)(C(=O)O)[C@H]1C=O. The van der Waals surface area contributed by atoms with Gasteiger partial charge in [-0.15, -0.1) is 0 Å². The third kappa shape index (κ3) is 1.61. The standard InChI is InChI=1S/C9H13NO5/c1-4-5(3-11)9(2,8(14)15)10-6(4)7(12)13/h3-6,10H,1-2H3,(H,12,13)(H,14,15)/t4-,5-,6-,9+/m0/s1. The van der Waals surface area contributed by atoms with Crippen molar-refractivity contribution in [2.45, 2.75) is 25.4 Å². The number of carbonyl (C=O) groups excluding carboxylic acids is 1. The Morgan fingerprint density at radius 3 is 2.20 bits per heavy atom. The lowest BCUT2D eigenvalue weighted by molar-refractivity contribution is -0.147. The van der Waals surface area contributed by atoms with Crippen LogP contribution in [0.15, 0.2) is 0 Å². The molecule has 1 heterocycles. The smallest absolute Gasteiger partial charge is 0.324 e. The van der Waals surface area contributed by atoms with Crippen molar-refractivity contribution in [1.82, 2.24) is 5.32 Å². The summed E-state index contributed by atoms with van der Waals surface area (Å²) in [6, 6.07) is -0.999. The first-order valence-corrected chi connectivity index (χ1v) is 4.53. The molecule has 0 spiro atoms. The van der Waals surface area contributed by atoms with Crippen LogP contribution in [-0.4, -0.2) is 40.0 Å². The van der Waals surface area contributed by atoms with Gasteiger partial charge in [-0.2, -0.15) is 0 Å². The molecule has 1 aliphatic heterocycles. The fourth-order valence-electron chi connectivity index (χ4n) is 2.03. The Bertz CT molecular complexity index is 316. The van der Waals surface area contributed by atoms with E-state index in [1.807, 2.05) is 0 Å². The lowest BCUT2D eigenvalue weighted by Crippen LogP contribution is -2.52. The van der Waals surface area contributed by atoms with Crippen LogP contribution in [0.4, 0.5) is 0 Å². The summed E-state index contributed by atoms with van der Waals surface area (Å²) >= 11 is 0. The Hall–Kier alpha value is -1.43. The highest BCUT2D eigenvalue weighted by atomic mass is 16.4. The van der Waals surface area contributed by atoms with Crippen LogP contribution in [0.3, 0.4) is 0 Å². The Kier molecular flexibility index (Phi) is 2.81. The summed E-state index contributed by atoms with van der Waals surface area (Å²) in [6.45, 7) is 2.88. The van der Waals surface area contributed by atoms with Crippen LogP contribution in [0.5, 0.6) is 0 Å². The first kappa shape index (κ1) is 11.6. The zero-order valence-corrected chi connectivity index (χ0v) is 8.43. The third-order valence-electron chi connectivity index (χ3n) is 3.07. The molecule has 0 radical (unpaired) electrons. The molecule has 1 fully saturated rings. The predicted molar refractivity (Wildman–Crippen MR) is 49.3 cm³/mol. The molecular weight excluding hydrogens is 202 g/mol. The van der Waals surface area contributed by atoms with E-state index in [0.717, 1.165) is 0 Å². The quantitative estimate of drug-likeness (QED) is 0.540. The highest BCUT2D eigenvalue weighted by Gasteiger charge is 2.55. The first-order chi connectivity index (χ1) is 6.84. The fraction of sp³-hybridized carbons (Fsp3) is 0.667. The maximum atomic E-state index is 11.0. The van der Waals surface area contributed by atoms with E-state index in [0.29, 0.717) is 6.29 Å². The normalized spacial score (nSPS) is 40.0. The van der Waals surface area contributed by atoms with Crippen LogP contribution in [0.1, 0.15) is 13.8 Å². The van der Waals surface area contributed by atoms with Crippen molar-refractivity contribution in [3.63, 3.8) is 0 Å². The van der Waals surface area contributed by atoms with Crippen molar-refractivity contribution in [3.8, 4) is 0 Å². The summed E-state index contributed by atoms with van der Waals surface area (Å²) in [5, 5.41) is 20.3. The molecule has 0 aromatic heterocycles. The molecule has 6 nitrogen and oxygen atoms in total. The summed E-state index contributed by atoms with van der Waals surface area (Å²) in [5.74, 6) is -3.73. The van der Waals surface area contributed by atoms with Crippen LogP contribution in [0.25, 0.3) is 0 Å². The van der Waals surface area contributed by atoms with Gasteiger partial charge in [-0.3, -0.25) is 14.9 Å². The van der Waals surface area contributed by atoms with Crippen molar-refractivity contribution in [2.75, 3.05) is 0 Å². The van der Waals surface area contributed by atoms with Gasteiger partial charge in [-0.1, -0.05) is 6.92 Å². The summed E-state index contributed by atoms with van der Waals surface area (Å²) in [6.07, 6.45) is 0.509. The molecule has 0 amide bonds. The summed E-state index contributed by atoms with van der Waals surface area (Å²) in [7, 11) is 0. The molecule has 0 aromatic carbocycles. The highest BCUT2D eigenvalue weighted by Crippen LogP contribution is 2.34. The molecule has 0 aliphatic carbocycles. The largest absolute Gasteiger partial charge is 0.480 e. The molecule has 84 valence electrons. The summed E-state index contributed by atoms with van der Waals surface area (Å²) in [5.41, 5.74) is -1.50. The molecule has 3 N–H and O–H groups in total. The van der Waals surface area contributed by atoms with Gasteiger partial charge in [0.25, 0.3) is 0 Å². The van der Waals surface area contributed by atoms with Crippen LogP contribution in [0, 0.1) is 11.8 Å². The molecule has 1 rings (SSSR count). The second-order valence-corrected chi connectivity index (χ2v) is 3.99. The lowest BCUT2D eigenvalue weighted by Gasteiger charge is -2.23. The van der Waals surface area contributed by atoms with E-state index in [-0.39, 0.29) is 0 Å². The number of carboxylic acids is 2. The number of carboxylic acid groups (broad SMARTS) is 2. The minimum Gasteiger partial charge on any atom is -0.480 e. The van der Waals surface area contributed by atoms with Gasteiger partial charge in [0.2, 0.25) is 0 Å². The van der Waals surface area contributed by atoms with Crippen LogP contribution < -0.4 is 5.32 Å². The number of carbonyl (C=O) groups is 3. The first-order valence-electron chi connectivity index (χ1n) is 4.53. The molecule has 0 unspecified atom stereocenters. The van der Waals surface area contributed by atoms with Gasteiger partial charge in [0.1, 0.15) is 17.9 Å². The van der Waals surface area contributed by atoms with Crippen molar-refractivity contribution >= 4 is 18.2 Å². The minimum atomic E-state index is -1.50. The number of hydrogen-bond donors (Lipinski definition) is 3. The highest BCUT2D eigenvalue weighted by molar-refractivity contribution is 5.87. The summed E-state index contributed by atoms with van der Waals surface area (Å²) in [4.78, 5) is 32.6. The average molecular weight is 215 g/mol. The second-order valence-electron chi connectivity index (χ2n) is 3.99. The zero-order chi connectivity index (χ0) is 11.8. The van der Waals surface area contributed by atoms with Crippen molar-refractivity contribution in [2.24, 2.45) is 11.8 Å². The van der Waals surface area contributed by atoms with Crippen LogP contribution in [-0.2, 0) is 14.4 Å². The Morgan fingerprint density at radius 1 is 1.40 bits per heavy atom. The Labute approximate surface area is 86.3 Å². The van der Waals surface area contributed by atoms with Crippen LogP contribution >= 0.6 is 0 Å². The number of hydrogen-bond acceptors (Lipinski definition) is 4. The molecule has 1 aliphatic rings. The van der Waals surface area contributed by atoms with Gasteiger partial charge in [0.05, 0.1) is 0 Å². The van der Waals surface area contributed by atoms with E-state index in [1.165, 1.54) is 6.92 Å². The topological polar surface area (TPSA) is 104 Å². The lowest BCUT2D eigenvalue weighted by atomic mass is 9.82. The number of rotatable bonds is 3. The number of nitrogens with one attached hydrogen (secondary N) is 1. The maximum Gasteiger partial charge on any atom is 0.324 e. The minimum absolute atomic E-state index is 0.509. The van der Waals surface area contributed by atoms with Gasteiger partial charge < -0.3 is 15.0 Å². The summed E-state index contributed by atoms with van der Waals surface area (Å²) < 4.78 is 0. The maximum absolute atomic E-state index is 11.0. The molecule has 15 heavy (non-hydrogen) atoms. The van der Waals surface area contributed by atoms with E-state index < -0.39 is 35.4 Å². The van der Waals surface area contributed by atoms with E-state index in [9.17, 15) is 14.4 Å². The van der Waals surface area contributed by atoms with Gasteiger partial charge in [0.15, 0.2) is 0 Å². The molecule has 4 atom stereocenters. The molecule has 6 heteroatoms. The van der Waals surface area contributed by atoms with Crippen LogP contribution in [0.2, 0.25) is 0 Å². The second kappa shape index (κ2) is 3.62. The van der Waals surface area contributed by atoms with Gasteiger partial charge >= 0.3 is 11.9 Å². The third-order valence-corrected chi connectivity index (χ3v) is 3.07. The molecule has 1 saturated heterocycles. The van der Waals surface area contributed by atoms with E-state index in [4.69, 9.17) is 10.2 Å². The fourth-order valence-corrected chi connectivity index (χ4v) is 2.03. The van der Waals surface area contributed by atoms with Crippen molar-refractivity contribution < 1.29 is 24.6 Å². The van der Waals surface area contributed by atoms with E-state index in [1.54, 1.807) is 6.92 Å². The molecular formula is C9H13NO5. The number of aliphatic carboxylic acids is 2.